The molecule has 0 fully saturated rings. The Bertz CT molecular complexity index is 395. The average Bonchev–Trinajstić information content (AvgIpc) is 2.17. The van der Waals surface area contributed by atoms with Crippen LogP contribution in [-0.2, 0) is 0 Å². The standard InChI is InChI=1S/C9H7NS2/c11-12-8-5-1-3-7-4-2-6-10-9(7)8/h1-6,11H. The third-order valence-electron chi connectivity index (χ3n) is 1.69. The van der Waals surface area contributed by atoms with Crippen LogP contribution >= 0.6 is 22.5 Å². The molecule has 0 aliphatic heterocycles. The molecule has 0 aliphatic rings. The third-order valence-corrected chi connectivity index (χ3v) is 2.81. The number of hydrogen-bond donors (Lipinski definition) is 1. The van der Waals surface area contributed by atoms with Crippen LogP contribution in [0.3, 0.4) is 0 Å². The van der Waals surface area contributed by atoms with Crippen molar-refractivity contribution < 1.29 is 0 Å². The minimum Gasteiger partial charge on any atom is -0.255 e. The summed E-state index contributed by atoms with van der Waals surface area (Å²) in [5.74, 6) is 0. The van der Waals surface area contributed by atoms with Gasteiger partial charge in [0.05, 0.1) is 5.52 Å². The van der Waals surface area contributed by atoms with E-state index in [0.29, 0.717) is 0 Å². The summed E-state index contributed by atoms with van der Waals surface area (Å²) in [4.78, 5) is 5.39. The van der Waals surface area contributed by atoms with Gasteiger partial charge in [0, 0.05) is 16.5 Å². The van der Waals surface area contributed by atoms with E-state index in [-0.39, 0.29) is 0 Å². The largest absolute Gasteiger partial charge is 0.255 e. The van der Waals surface area contributed by atoms with Gasteiger partial charge in [-0.25, -0.2) is 0 Å². The van der Waals surface area contributed by atoms with E-state index in [1.165, 1.54) is 10.8 Å². The predicted octanol–water partition coefficient (Wildman–Crippen LogP) is 3.17. The van der Waals surface area contributed by atoms with Gasteiger partial charge in [-0.15, -0.1) is 11.7 Å². The first-order valence-corrected chi connectivity index (χ1v) is 5.44. The highest BCUT2D eigenvalue weighted by Crippen LogP contribution is 2.27. The summed E-state index contributed by atoms with van der Waals surface area (Å²) in [6, 6.07) is 10.1. The smallest absolute Gasteiger partial charge is 0.0846 e. The number of pyridine rings is 1. The van der Waals surface area contributed by atoms with E-state index in [9.17, 15) is 0 Å². The lowest BCUT2D eigenvalue weighted by Gasteiger charge is -1.99. The molecule has 1 aromatic heterocycles. The number of rotatable bonds is 1. The van der Waals surface area contributed by atoms with Gasteiger partial charge in [-0.05, 0) is 12.1 Å². The Hall–Kier alpha value is -0.670. The highest BCUT2D eigenvalue weighted by molar-refractivity contribution is 8.68. The lowest BCUT2D eigenvalue weighted by atomic mass is 10.2. The monoisotopic (exact) mass is 193 g/mol. The number of para-hydroxylation sites is 1. The number of thiol groups is 1. The van der Waals surface area contributed by atoms with Gasteiger partial charge in [-0.2, -0.15) is 0 Å². The molecule has 12 heavy (non-hydrogen) atoms. The van der Waals surface area contributed by atoms with Crippen LogP contribution < -0.4 is 0 Å². The van der Waals surface area contributed by atoms with Crippen LogP contribution in [0, 0.1) is 0 Å². The molecule has 0 radical (unpaired) electrons. The second-order valence-electron chi connectivity index (χ2n) is 2.42. The summed E-state index contributed by atoms with van der Waals surface area (Å²) in [6.07, 6.45) is 1.80. The van der Waals surface area contributed by atoms with Gasteiger partial charge >= 0.3 is 0 Å². The zero-order chi connectivity index (χ0) is 8.39. The lowest BCUT2D eigenvalue weighted by Crippen LogP contribution is -1.78. The Morgan fingerprint density at radius 1 is 1.17 bits per heavy atom. The van der Waals surface area contributed by atoms with Crippen LogP contribution in [0.2, 0.25) is 0 Å². The molecule has 0 saturated heterocycles. The predicted molar refractivity (Wildman–Crippen MR) is 56.6 cm³/mol. The maximum Gasteiger partial charge on any atom is 0.0846 e. The SMILES string of the molecule is SSc1cccc2cccnc12. The molecule has 1 heterocycles. The van der Waals surface area contributed by atoms with Crippen molar-refractivity contribution in [2.45, 2.75) is 4.90 Å². The summed E-state index contributed by atoms with van der Waals surface area (Å²) >= 11 is 4.16. The fraction of sp³-hybridized carbons (Fsp3) is 0. The van der Waals surface area contributed by atoms with Crippen molar-refractivity contribution in [1.82, 2.24) is 4.98 Å². The number of nitrogens with zero attached hydrogens (tertiary/aromatic N) is 1. The molecule has 0 bridgehead atoms. The van der Waals surface area contributed by atoms with Crippen molar-refractivity contribution in [3.63, 3.8) is 0 Å². The zero-order valence-corrected chi connectivity index (χ0v) is 7.98. The highest BCUT2D eigenvalue weighted by atomic mass is 33.1. The Morgan fingerprint density at radius 2 is 2.00 bits per heavy atom. The molecule has 0 atom stereocenters. The molecule has 3 heteroatoms. The topological polar surface area (TPSA) is 12.9 Å². The van der Waals surface area contributed by atoms with Gasteiger partial charge in [0.2, 0.25) is 0 Å². The number of benzene rings is 1. The van der Waals surface area contributed by atoms with Crippen LogP contribution in [0.1, 0.15) is 0 Å². The normalized spacial score (nSPS) is 10.4. The van der Waals surface area contributed by atoms with Gasteiger partial charge in [-0.1, -0.05) is 29.0 Å². The van der Waals surface area contributed by atoms with Gasteiger partial charge in [0.1, 0.15) is 0 Å². The maximum absolute atomic E-state index is 4.28. The fourth-order valence-electron chi connectivity index (χ4n) is 1.15. The van der Waals surface area contributed by atoms with Crippen molar-refractivity contribution in [1.29, 1.82) is 0 Å². The second kappa shape index (κ2) is 3.37. The maximum atomic E-state index is 4.28. The molecule has 0 unspecified atom stereocenters. The fourth-order valence-corrected chi connectivity index (χ4v) is 1.99. The molecule has 2 aromatic rings. The van der Waals surface area contributed by atoms with E-state index in [1.54, 1.807) is 6.20 Å². The van der Waals surface area contributed by atoms with E-state index in [2.05, 4.69) is 28.8 Å². The Kier molecular flexibility index (Phi) is 2.23. The van der Waals surface area contributed by atoms with Crippen LogP contribution in [0.15, 0.2) is 41.4 Å². The molecule has 0 aliphatic carbocycles. The second-order valence-corrected chi connectivity index (χ2v) is 3.59. The first-order valence-electron chi connectivity index (χ1n) is 3.57. The first-order chi connectivity index (χ1) is 5.92. The van der Waals surface area contributed by atoms with Gasteiger partial charge in [0.15, 0.2) is 0 Å². The van der Waals surface area contributed by atoms with Crippen molar-refractivity contribution in [2.24, 2.45) is 0 Å². The van der Waals surface area contributed by atoms with E-state index >= 15 is 0 Å². The summed E-state index contributed by atoms with van der Waals surface area (Å²) < 4.78 is 0. The average molecular weight is 193 g/mol. The van der Waals surface area contributed by atoms with E-state index in [1.807, 2.05) is 18.2 Å². The summed E-state index contributed by atoms with van der Waals surface area (Å²) in [5.41, 5.74) is 1.03. The van der Waals surface area contributed by atoms with Crippen molar-refractivity contribution >= 4 is 33.4 Å². The minimum absolute atomic E-state index is 1.03. The summed E-state index contributed by atoms with van der Waals surface area (Å²) in [5, 5.41) is 1.16. The molecule has 0 N–H and O–H groups in total. The Labute approximate surface area is 80.0 Å². The number of hydrogen-bond acceptors (Lipinski definition) is 3. The van der Waals surface area contributed by atoms with Crippen LogP contribution in [0.5, 0.6) is 0 Å². The lowest BCUT2D eigenvalue weighted by molar-refractivity contribution is 1.35. The van der Waals surface area contributed by atoms with E-state index < -0.39 is 0 Å². The molecule has 0 spiro atoms. The minimum atomic E-state index is 1.03. The molecular formula is C9H7NS2. The van der Waals surface area contributed by atoms with Gasteiger partial charge in [0.25, 0.3) is 0 Å². The zero-order valence-electron chi connectivity index (χ0n) is 6.27. The van der Waals surface area contributed by atoms with Gasteiger partial charge in [-0.3, -0.25) is 4.98 Å². The Balaban J connectivity index is 2.79. The molecule has 2 rings (SSSR count). The molecular weight excluding hydrogens is 186 g/mol. The van der Waals surface area contributed by atoms with Crippen molar-refractivity contribution in [2.75, 3.05) is 0 Å². The van der Waals surface area contributed by atoms with Crippen molar-refractivity contribution in [3.8, 4) is 0 Å². The van der Waals surface area contributed by atoms with E-state index in [4.69, 9.17) is 0 Å². The Morgan fingerprint density at radius 3 is 2.83 bits per heavy atom. The number of aromatic nitrogens is 1. The van der Waals surface area contributed by atoms with Crippen molar-refractivity contribution in [3.05, 3.63) is 36.5 Å². The van der Waals surface area contributed by atoms with E-state index in [0.717, 1.165) is 15.8 Å². The molecule has 0 amide bonds. The quantitative estimate of drug-likeness (QED) is 0.552. The van der Waals surface area contributed by atoms with Crippen LogP contribution in [0.4, 0.5) is 0 Å². The molecule has 0 saturated carbocycles. The number of fused-ring (bicyclic) bond motifs is 1. The van der Waals surface area contributed by atoms with Gasteiger partial charge < -0.3 is 0 Å². The van der Waals surface area contributed by atoms with Crippen LogP contribution in [0.25, 0.3) is 10.9 Å². The highest BCUT2D eigenvalue weighted by Gasteiger charge is 1.98. The summed E-state index contributed by atoms with van der Waals surface area (Å²) in [6.45, 7) is 0. The molecule has 1 aromatic carbocycles. The third kappa shape index (κ3) is 1.30. The molecule has 60 valence electrons. The first kappa shape index (κ1) is 7.95. The molecule has 1 nitrogen and oxygen atoms in total. The summed E-state index contributed by atoms with van der Waals surface area (Å²) in [7, 11) is 1.43. The van der Waals surface area contributed by atoms with Crippen LogP contribution in [-0.4, -0.2) is 4.98 Å².